The molecule has 1 aliphatic rings. The third-order valence-corrected chi connectivity index (χ3v) is 3.54. The fourth-order valence-electron chi connectivity index (χ4n) is 2.39. The van der Waals surface area contributed by atoms with E-state index in [1.54, 1.807) is 0 Å². The summed E-state index contributed by atoms with van der Waals surface area (Å²) in [5.74, 6) is 0. The van der Waals surface area contributed by atoms with Crippen LogP contribution < -0.4 is 5.32 Å². The molecule has 0 saturated heterocycles. The largest absolute Gasteiger partial charge is 0.497 e. The highest BCUT2D eigenvalue weighted by atomic mass is 16.5. The minimum Gasteiger partial charge on any atom is -0.497 e. The number of nitrogens with zero attached hydrogens (tertiary/aromatic N) is 1. The molecule has 0 saturated carbocycles. The van der Waals surface area contributed by atoms with Gasteiger partial charge in [0.05, 0.1) is 6.26 Å². The maximum Gasteiger partial charge on any atom is 0.110 e. The van der Waals surface area contributed by atoms with Crippen molar-refractivity contribution in [3.8, 4) is 0 Å². The molecule has 0 bridgehead atoms. The van der Waals surface area contributed by atoms with Crippen LogP contribution in [0.3, 0.4) is 0 Å². The summed E-state index contributed by atoms with van der Waals surface area (Å²) in [4.78, 5) is 2.25. The first kappa shape index (κ1) is 14.1. The van der Waals surface area contributed by atoms with Crippen molar-refractivity contribution in [3.63, 3.8) is 0 Å². The molecule has 0 amide bonds. The molecule has 1 aromatic carbocycles. The van der Waals surface area contributed by atoms with Crippen molar-refractivity contribution in [1.29, 1.82) is 0 Å². The molecule has 0 radical (unpaired) electrons. The lowest BCUT2D eigenvalue weighted by atomic mass is 10.1. The molecule has 0 spiro atoms. The van der Waals surface area contributed by atoms with Crippen LogP contribution in [-0.2, 0) is 4.74 Å². The van der Waals surface area contributed by atoms with E-state index in [1.807, 2.05) is 6.26 Å². The second kappa shape index (κ2) is 7.31. The molecule has 1 aliphatic heterocycles. The van der Waals surface area contributed by atoms with Gasteiger partial charge in [-0.3, -0.25) is 0 Å². The van der Waals surface area contributed by atoms with Crippen molar-refractivity contribution in [2.24, 2.45) is 0 Å². The SMILES string of the molecule is CN(C)C(CNCC1CCC=CO1)c1ccccc1. The quantitative estimate of drug-likeness (QED) is 0.851. The summed E-state index contributed by atoms with van der Waals surface area (Å²) in [6, 6.07) is 11.0. The standard InChI is InChI=1S/C16H24N2O/c1-18(2)16(14-8-4-3-5-9-14)13-17-12-15-10-6-7-11-19-15/h3-5,7-9,11,15-17H,6,10,12-13H2,1-2H3. The van der Waals surface area contributed by atoms with Crippen molar-refractivity contribution in [3.05, 3.63) is 48.2 Å². The van der Waals surface area contributed by atoms with Crippen molar-refractivity contribution < 1.29 is 4.74 Å². The Morgan fingerprint density at radius 1 is 1.32 bits per heavy atom. The van der Waals surface area contributed by atoms with Gasteiger partial charge in [-0.25, -0.2) is 0 Å². The van der Waals surface area contributed by atoms with Gasteiger partial charge < -0.3 is 15.0 Å². The maximum atomic E-state index is 5.57. The normalized spacial score (nSPS) is 20.3. The lowest BCUT2D eigenvalue weighted by Crippen LogP contribution is -2.36. The molecule has 0 aliphatic carbocycles. The molecule has 104 valence electrons. The lowest BCUT2D eigenvalue weighted by molar-refractivity contribution is 0.120. The summed E-state index contributed by atoms with van der Waals surface area (Å²) in [6.07, 6.45) is 6.48. The monoisotopic (exact) mass is 260 g/mol. The highest BCUT2D eigenvalue weighted by Gasteiger charge is 2.15. The molecule has 3 nitrogen and oxygen atoms in total. The molecular weight excluding hydrogens is 236 g/mol. The second-order valence-electron chi connectivity index (χ2n) is 5.26. The Hall–Kier alpha value is -1.32. The van der Waals surface area contributed by atoms with Gasteiger partial charge in [-0.15, -0.1) is 0 Å². The molecular formula is C16H24N2O. The van der Waals surface area contributed by atoms with E-state index in [2.05, 4.69) is 60.7 Å². The van der Waals surface area contributed by atoms with E-state index >= 15 is 0 Å². The van der Waals surface area contributed by atoms with Crippen LogP contribution in [-0.4, -0.2) is 38.2 Å². The first-order valence-corrected chi connectivity index (χ1v) is 7.00. The fraction of sp³-hybridized carbons (Fsp3) is 0.500. The van der Waals surface area contributed by atoms with E-state index in [1.165, 1.54) is 5.56 Å². The van der Waals surface area contributed by atoms with Crippen LogP contribution in [0.2, 0.25) is 0 Å². The van der Waals surface area contributed by atoms with Crippen LogP contribution in [0.4, 0.5) is 0 Å². The Morgan fingerprint density at radius 2 is 2.11 bits per heavy atom. The predicted molar refractivity (Wildman–Crippen MR) is 79.0 cm³/mol. The summed E-state index contributed by atoms with van der Waals surface area (Å²) in [5.41, 5.74) is 1.35. The highest BCUT2D eigenvalue weighted by molar-refractivity contribution is 5.19. The van der Waals surface area contributed by atoms with Gasteiger partial charge in [0, 0.05) is 19.1 Å². The van der Waals surface area contributed by atoms with Crippen LogP contribution in [0.1, 0.15) is 24.4 Å². The Bertz CT molecular complexity index is 389. The predicted octanol–water partition coefficient (Wildman–Crippen LogP) is 2.57. The fourth-order valence-corrected chi connectivity index (χ4v) is 2.39. The lowest BCUT2D eigenvalue weighted by Gasteiger charge is -2.27. The number of ether oxygens (including phenoxy) is 1. The van der Waals surface area contributed by atoms with Gasteiger partial charge in [0.1, 0.15) is 6.10 Å². The van der Waals surface area contributed by atoms with E-state index < -0.39 is 0 Å². The summed E-state index contributed by atoms with van der Waals surface area (Å²) in [6.45, 7) is 1.86. The van der Waals surface area contributed by atoms with Crippen LogP contribution >= 0.6 is 0 Å². The topological polar surface area (TPSA) is 24.5 Å². The Kier molecular flexibility index (Phi) is 5.43. The molecule has 2 atom stereocenters. The molecule has 2 rings (SSSR count). The Balaban J connectivity index is 1.82. The summed E-state index contributed by atoms with van der Waals surface area (Å²) in [7, 11) is 4.25. The zero-order chi connectivity index (χ0) is 13.5. The Morgan fingerprint density at radius 3 is 2.74 bits per heavy atom. The number of allylic oxidation sites excluding steroid dienone is 1. The number of likely N-dealkylation sites (N-methyl/N-ethyl adjacent to an activating group) is 1. The molecule has 3 heteroatoms. The highest BCUT2D eigenvalue weighted by Crippen LogP contribution is 2.17. The number of hydrogen-bond acceptors (Lipinski definition) is 3. The van der Waals surface area contributed by atoms with Gasteiger partial charge in [-0.1, -0.05) is 30.3 Å². The molecule has 1 aromatic rings. The molecule has 2 unspecified atom stereocenters. The van der Waals surface area contributed by atoms with Gasteiger partial charge in [0.2, 0.25) is 0 Å². The van der Waals surface area contributed by atoms with Crippen molar-refractivity contribution in [2.75, 3.05) is 27.2 Å². The zero-order valence-corrected chi connectivity index (χ0v) is 11.9. The number of rotatable bonds is 6. The first-order valence-electron chi connectivity index (χ1n) is 7.00. The maximum absolute atomic E-state index is 5.57. The first-order chi connectivity index (χ1) is 9.27. The van der Waals surface area contributed by atoms with Crippen LogP contribution in [0.5, 0.6) is 0 Å². The molecule has 19 heavy (non-hydrogen) atoms. The molecule has 0 fully saturated rings. The minimum absolute atomic E-state index is 0.323. The van der Waals surface area contributed by atoms with Crippen LogP contribution in [0.25, 0.3) is 0 Å². The van der Waals surface area contributed by atoms with E-state index in [9.17, 15) is 0 Å². The Labute approximate surface area is 116 Å². The van der Waals surface area contributed by atoms with Crippen LogP contribution in [0, 0.1) is 0 Å². The van der Waals surface area contributed by atoms with Crippen molar-refractivity contribution in [1.82, 2.24) is 10.2 Å². The van der Waals surface area contributed by atoms with Crippen molar-refractivity contribution in [2.45, 2.75) is 25.0 Å². The number of nitrogens with one attached hydrogen (secondary N) is 1. The van der Waals surface area contributed by atoms with Gasteiger partial charge >= 0.3 is 0 Å². The van der Waals surface area contributed by atoms with Gasteiger partial charge in [0.25, 0.3) is 0 Å². The third-order valence-electron chi connectivity index (χ3n) is 3.54. The van der Waals surface area contributed by atoms with Crippen LogP contribution in [0.15, 0.2) is 42.7 Å². The van der Waals surface area contributed by atoms with Gasteiger partial charge in [-0.2, -0.15) is 0 Å². The average Bonchev–Trinajstić information content (AvgIpc) is 2.45. The van der Waals surface area contributed by atoms with Gasteiger partial charge in [-0.05, 0) is 38.6 Å². The zero-order valence-electron chi connectivity index (χ0n) is 11.9. The average molecular weight is 260 g/mol. The van der Waals surface area contributed by atoms with E-state index in [-0.39, 0.29) is 0 Å². The summed E-state index contributed by atoms with van der Waals surface area (Å²) in [5, 5.41) is 3.53. The minimum atomic E-state index is 0.323. The molecule has 1 heterocycles. The van der Waals surface area contributed by atoms with Crippen molar-refractivity contribution >= 4 is 0 Å². The summed E-state index contributed by atoms with van der Waals surface area (Å²) < 4.78 is 5.57. The number of hydrogen-bond donors (Lipinski definition) is 1. The third kappa shape index (κ3) is 4.37. The smallest absolute Gasteiger partial charge is 0.110 e. The van der Waals surface area contributed by atoms with Gasteiger partial charge in [0.15, 0.2) is 0 Å². The molecule has 0 aromatic heterocycles. The van der Waals surface area contributed by atoms with E-state index in [0.717, 1.165) is 25.9 Å². The van der Waals surface area contributed by atoms with E-state index in [0.29, 0.717) is 12.1 Å². The van der Waals surface area contributed by atoms with E-state index in [4.69, 9.17) is 4.74 Å². The summed E-state index contributed by atoms with van der Waals surface area (Å²) >= 11 is 0. The second-order valence-corrected chi connectivity index (χ2v) is 5.26. The number of benzene rings is 1. The molecule has 1 N–H and O–H groups in total.